The highest BCUT2D eigenvalue weighted by Crippen LogP contribution is 2.08. The Bertz CT molecular complexity index is 321. The van der Waals surface area contributed by atoms with Crippen LogP contribution < -0.4 is 5.32 Å². The molecule has 0 radical (unpaired) electrons. The van der Waals surface area contributed by atoms with Gasteiger partial charge in [0.15, 0.2) is 0 Å². The number of rotatable bonds is 4. The number of carboxylic acids is 1. The Morgan fingerprint density at radius 2 is 2.36 bits per heavy atom. The summed E-state index contributed by atoms with van der Waals surface area (Å²) in [6, 6.07) is 1.02. The van der Waals surface area contributed by atoms with Gasteiger partial charge in [0.25, 0.3) is 0 Å². The van der Waals surface area contributed by atoms with Crippen LogP contribution in [0.15, 0.2) is 16.8 Å². The summed E-state index contributed by atoms with van der Waals surface area (Å²) in [6.45, 7) is 1.31. The van der Waals surface area contributed by atoms with E-state index in [9.17, 15) is 9.59 Å². The van der Waals surface area contributed by atoms with Crippen LogP contribution in [0, 0.1) is 0 Å². The maximum Gasteiger partial charge on any atom is 0.326 e. The van der Waals surface area contributed by atoms with E-state index in [0.717, 1.165) is 5.56 Å². The van der Waals surface area contributed by atoms with E-state index in [4.69, 9.17) is 5.11 Å². The van der Waals surface area contributed by atoms with E-state index in [0.29, 0.717) is 6.42 Å². The van der Waals surface area contributed by atoms with Crippen molar-refractivity contribution in [2.45, 2.75) is 19.4 Å². The number of aliphatic carboxylic acids is 1. The molecule has 0 aliphatic rings. The molecule has 0 aliphatic heterocycles. The van der Waals surface area contributed by atoms with E-state index in [1.54, 1.807) is 0 Å². The second kappa shape index (κ2) is 4.76. The van der Waals surface area contributed by atoms with Gasteiger partial charge in [0.1, 0.15) is 6.04 Å². The molecule has 14 heavy (non-hydrogen) atoms. The molecule has 5 heteroatoms. The Morgan fingerprint density at radius 3 is 2.79 bits per heavy atom. The minimum absolute atomic E-state index is 0.326. The molecular weight excluding hydrogens is 202 g/mol. The molecule has 1 atom stereocenters. The van der Waals surface area contributed by atoms with Gasteiger partial charge in [-0.2, -0.15) is 11.3 Å². The van der Waals surface area contributed by atoms with Crippen LogP contribution in [0.25, 0.3) is 0 Å². The van der Waals surface area contributed by atoms with Crippen molar-refractivity contribution in [2.24, 2.45) is 0 Å². The molecule has 1 unspecified atom stereocenters. The van der Waals surface area contributed by atoms with Gasteiger partial charge in [0, 0.05) is 13.3 Å². The Hall–Kier alpha value is -1.36. The summed E-state index contributed by atoms with van der Waals surface area (Å²) in [4.78, 5) is 21.5. The van der Waals surface area contributed by atoms with Gasteiger partial charge in [-0.3, -0.25) is 4.79 Å². The highest BCUT2D eigenvalue weighted by molar-refractivity contribution is 7.07. The van der Waals surface area contributed by atoms with Crippen LogP contribution in [0.4, 0.5) is 0 Å². The third-order valence-electron chi connectivity index (χ3n) is 1.70. The van der Waals surface area contributed by atoms with Crippen LogP contribution in [0.3, 0.4) is 0 Å². The quantitative estimate of drug-likeness (QED) is 0.780. The summed E-state index contributed by atoms with van der Waals surface area (Å²) in [5.41, 5.74) is 0.927. The molecule has 1 amide bonds. The summed E-state index contributed by atoms with van der Waals surface area (Å²) in [7, 11) is 0. The maximum atomic E-state index is 10.7. The smallest absolute Gasteiger partial charge is 0.326 e. The van der Waals surface area contributed by atoms with Crippen LogP contribution >= 0.6 is 11.3 Å². The van der Waals surface area contributed by atoms with Gasteiger partial charge in [-0.1, -0.05) is 0 Å². The predicted octanol–water partition coefficient (Wildman–Crippen LogP) is 0.880. The predicted molar refractivity (Wildman–Crippen MR) is 53.3 cm³/mol. The van der Waals surface area contributed by atoms with Gasteiger partial charge in [0.05, 0.1) is 0 Å². The summed E-state index contributed by atoms with van der Waals surface area (Å²) in [5.74, 6) is -1.33. The molecule has 0 aliphatic carbocycles. The van der Waals surface area contributed by atoms with Gasteiger partial charge < -0.3 is 10.4 Å². The number of nitrogens with one attached hydrogen (secondary N) is 1. The second-order valence-corrected chi connectivity index (χ2v) is 3.71. The zero-order valence-electron chi connectivity index (χ0n) is 7.69. The third-order valence-corrected chi connectivity index (χ3v) is 2.43. The average molecular weight is 213 g/mol. The Balaban J connectivity index is 2.60. The number of amides is 1. The van der Waals surface area contributed by atoms with E-state index in [1.165, 1.54) is 18.3 Å². The molecule has 0 spiro atoms. The van der Waals surface area contributed by atoms with Gasteiger partial charge in [0.2, 0.25) is 5.91 Å². The van der Waals surface area contributed by atoms with Crippen LogP contribution in [0.1, 0.15) is 12.5 Å². The number of carbonyl (C=O) groups excluding carboxylic acids is 1. The molecule has 1 heterocycles. The first kappa shape index (κ1) is 10.7. The monoisotopic (exact) mass is 213 g/mol. The molecule has 4 nitrogen and oxygen atoms in total. The molecule has 1 rings (SSSR count). The van der Waals surface area contributed by atoms with Crippen molar-refractivity contribution in [1.29, 1.82) is 0 Å². The third kappa shape index (κ3) is 3.18. The van der Waals surface area contributed by atoms with Crippen molar-refractivity contribution in [2.75, 3.05) is 0 Å². The van der Waals surface area contributed by atoms with E-state index < -0.39 is 12.0 Å². The summed E-state index contributed by atoms with van der Waals surface area (Å²) in [6.07, 6.45) is 0.332. The van der Waals surface area contributed by atoms with E-state index >= 15 is 0 Å². The fourth-order valence-electron chi connectivity index (χ4n) is 1.09. The lowest BCUT2D eigenvalue weighted by molar-refractivity contribution is -0.141. The minimum Gasteiger partial charge on any atom is -0.480 e. The highest BCUT2D eigenvalue weighted by Gasteiger charge is 2.18. The minimum atomic E-state index is -1.01. The molecule has 0 fully saturated rings. The van der Waals surface area contributed by atoms with E-state index in [1.807, 2.05) is 16.8 Å². The molecule has 0 saturated carbocycles. The van der Waals surface area contributed by atoms with Crippen molar-refractivity contribution < 1.29 is 14.7 Å². The van der Waals surface area contributed by atoms with Crippen LogP contribution in [-0.2, 0) is 16.0 Å². The lowest BCUT2D eigenvalue weighted by atomic mass is 10.1. The standard InChI is InChI=1S/C9H11NO3S/c1-6(11)10-8(9(12)13)4-7-2-3-14-5-7/h2-3,5,8H,4H2,1H3,(H,10,11)(H,12,13). The van der Waals surface area contributed by atoms with Gasteiger partial charge in [-0.25, -0.2) is 4.79 Å². The van der Waals surface area contributed by atoms with Crippen molar-refractivity contribution in [1.82, 2.24) is 5.32 Å². The lowest BCUT2D eigenvalue weighted by Gasteiger charge is -2.11. The van der Waals surface area contributed by atoms with Crippen LogP contribution in [0.2, 0.25) is 0 Å². The van der Waals surface area contributed by atoms with E-state index in [2.05, 4.69) is 5.32 Å². The molecule has 1 aromatic heterocycles. The Labute approximate surface area is 85.6 Å². The molecular formula is C9H11NO3S. The van der Waals surface area contributed by atoms with E-state index in [-0.39, 0.29) is 5.91 Å². The van der Waals surface area contributed by atoms with Crippen molar-refractivity contribution >= 4 is 23.2 Å². The largest absolute Gasteiger partial charge is 0.480 e. The molecule has 0 saturated heterocycles. The van der Waals surface area contributed by atoms with Gasteiger partial charge >= 0.3 is 5.97 Å². The molecule has 1 aromatic rings. The number of thiophene rings is 1. The molecule has 2 N–H and O–H groups in total. The topological polar surface area (TPSA) is 66.4 Å². The Morgan fingerprint density at radius 1 is 1.64 bits per heavy atom. The molecule has 76 valence electrons. The fourth-order valence-corrected chi connectivity index (χ4v) is 1.77. The van der Waals surface area contributed by atoms with Crippen LogP contribution in [0.5, 0.6) is 0 Å². The fraction of sp³-hybridized carbons (Fsp3) is 0.333. The van der Waals surface area contributed by atoms with Crippen LogP contribution in [-0.4, -0.2) is 23.0 Å². The SMILES string of the molecule is CC(=O)NC(Cc1ccsc1)C(=O)O. The Kier molecular flexibility index (Phi) is 3.64. The second-order valence-electron chi connectivity index (χ2n) is 2.93. The summed E-state index contributed by atoms with van der Waals surface area (Å²) < 4.78 is 0. The number of carboxylic acid groups (broad SMARTS) is 1. The van der Waals surface area contributed by atoms with Gasteiger partial charge in [-0.15, -0.1) is 0 Å². The van der Waals surface area contributed by atoms with Gasteiger partial charge in [-0.05, 0) is 22.4 Å². The zero-order chi connectivity index (χ0) is 10.6. The summed E-state index contributed by atoms with van der Waals surface area (Å²) >= 11 is 1.51. The zero-order valence-corrected chi connectivity index (χ0v) is 8.50. The first-order chi connectivity index (χ1) is 6.59. The average Bonchev–Trinajstić information content (AvgIpc) is 2.54. The first-order valence-corrected chi connectivity index (χ1v) is 5.05. The highest BCUT2D eigenvalue weighted by atomic mass is 32.1. The normalized spacial score (nSPS) is 12.1. The number of hydrogen-bond donors (Lipinski definition) is 2. The summed E-state index contributed by atoms with van der Waals surface area (Å²) in [5, 5.41) is 14.9. The maximum absolute atomic E-state index is 10.7. The molecule has 0 aromatic carbocycles. The molecule has 0 bridgehead atoms. The van der Waals surface area contributed by atoms with Crippen molar-refractivity contribution in [3.05, 3.63) is 22.4 Å². The lowest BCUT2D eigenvalue weighted by Crippen LogP contribution is -2.41. The number of carbonyl (C=O) groups is 2. The first-order valence-electron chi connectivity index (χ1n) is 4.10. The van der Waals surface area contributed by atoms with Crippen molar-refractivity contribution in [3.63, 3.8) is 0 Å². The van der Waals surface area contributed by atoms with Crippen molar-refractivity contribution in [3.8, 4) is 0 Å². The number of hydrogen-bond acceptors (Lipinski definition) is 3.